The molecule has 0 bridgehead atoms. The third-order valence-corrected chi connectivity index (χ3v) is 4.40. The van der Waals surface area contributed by atoms with Gasteiger partial charge in [-0.2, -0.15) is 0 Å². The van der Waals surface area contributed by atoms with E-state index < -0.39 is 5.60 Å². The van der Waals surface area contributed by atoms with Crippen molar-refractivity contribution in [1.29, 1.82) is 0 Å². The minimum Gasteiger partial charge on any atom is -0.444 e. The zero-order valence-electron chi connectivity index (χ0n) is 16.1. The van der Waals surface area contributed by atoms with Crippen LogP contribution in [0.15, 0.2) is 57.5 Å². The van der Waals surface area contributed by atoms with E-state index in [2.05, 4.69) is 49.3 Å². The molecule has 27 heavy (non-hydrogen) atoms. The third-order valence-electron chi connectivity index (χ3n) is 3.34. The Labute approximate surface area is 179 Å². The topological polar surface area (TPSA) is 64.3 Å². The van der Waals surface area contributed by atoms with E-state index in [-0.39, 0.29) is 6.09 Å². The quantitative estimate of drug-likeness (QED) is 0.573. The van der Waals surface area contributed by atoms with Gasteiger partial charge in [-0.05, 0) is 75.5 Å². The van der Waals surface area contributed by atoms with Crippen molar-refractivity contribution >= 4 is 38.0 Å². The van der Waals surface area contributed by atoms with Gasteiger partial charge in [-0.1, -0.05) is 56.1 Å². The smallest absolute Gasteiger partial charge is 0.407 e. The summed E-state index contributed by atoms with van der Waals surface area (Å²) < 4.78 is 7.31. The van der Waals surface area contributed by atoms with Crippen molar-refractivity contribution in [2.45, 2.75) is 39.2 Å². The van der Waals surface area contributed by atoms with E-state index in [0.29, 0.717) is 6.54 Å². The monoisotopic (exact) mass is 498 g/mol. The van der Waals surface area contributed by atoms with Crippen LogP contribution < -0.4 is 11.1 Å². The molecule has 0 heterocycles. The number of rotatable bonds is 5. The van der Waals surface area contributed by atoms with Crippen LogP contribution in [0.4, 0.5) is 4.79 Å². The highest BCUT2D eigenvalue weighted by Gasteiger charge is 2.15. The van der Waals surface area contributed by atoms with Crippen molar-refractivity contribution < 1.29 is 9.53 Å². The Morgan fingerprint density at radius 3 is 1.78 bits per heavy atom. The lowest BCUT2D eigenvalue weighted by Crippen LogP contribution is -2.33. The van der Waals surface area contributed by atoms with Gasteiger partial charge in [-0.3, -0.25) is 0 Å². The van der Waals surface area contributed by atoms with E-state index in [4.69, 9.17) is 10.5 Å². The number of ether oxygens (including phenoxy) is 1. The van der Waals surface area contributed by atoms with Crippen molar-refractivity contribution in [2.24, 2.45) is 5.73 Å². The Bertz CT molecular complexity index is 681. The van der Waals surface area contributed by atoms with Gasteiger partial charge >= 0.3 is 6.09 Å². The molecular weight excluding hydrogens is 472 g/mol. The summed E-state index contributed by atoms with van der Waals surface area (Å²) in [6, 6.07) is 16.3. The zero-order valence-corrected chi connectivity index (χ0v) is 19.3. The average molecular weight is 500 g/mol. The SMILES string of the molecule is CC(C)(C)OC(=O)NCCc1ccc(Br)cc1.NCCc1ccc(Br)cc1. The van der Waals surface area contributed by atoms with Gasteiger partial charge in [0.15, 0.2) is 0 Å². The van der Waals surface area contributed by atoms with Gasteiger partial charge in [0.25, 0.3) is 0 Å². The molecule has 0 aromatic heterocycles. The molecule has 2 rings (SSSR count). The number of carbonyl (C=O) groups is 1. The third kappa shape index (κ3) is 11.8. The predicted molar refractivity (Wildman–Crippen MR) is 119 cm³/mol. The minimum atomic E-state index is -0.443. The number of halogens is 2. The van der Waals surface area contributed by atoms with E-state index >= 15 is 0 Å². The number of nitrogens with two attached hydrogens (primary N) is 1. The number of carbonyl (C=O) groups excluding carboxylic acids is 1. The highest BCUT2D eigenvalue weighted by atomic mass is 79.9. The lowest BCUT2D eigenvalue weighted by Gasteiger charge is -2.19. The molecule has 0 fully saturated rings. The van der Waals surface area contributed by atoms with Crippen LogP contribution in [-0.2, 0) is 17.6 Å². The molecule has 0 saturated heterocycles. The molecule has 0 aliphatic rings. The summed E-state index contributed by atoms with van der Waals surface area (Å²) in [7, 11) is 0. The zero-order chi connectivity index (χ0) is 20.3. The first-order chi connectivity index (χ1) is 12.7. The van der Waals surface area contributed by atoms with Crippen molar-refractivity contribution in [2.75, 3.05) is 13.1 Å². The molecule has 148 valence electrons. The Balaban J connectivity index is 0.000000309. The number of hydrogen-bond donors (Lipinski definition) is 2. The molecule has 0 atom stereocenters. The molecule has 0 saturated carbocycles. The number of amides is 1. The average Bonchev–Trinajstić information content (AvgIpc) is 2.58. The van der Waals surface area contributed by atoms with Crippen molar-refractivity contribution in [1.82, 2.24) is 5.32 Å². The Hall–Kier alpha value is -1.37. The van der Waals surface area contributed by atoms with E-state index in [0.717, 1.165) is 28.3 Å². The van der Waals surface area contributed by atoms with E-state index in [1.807, 2.05) is 57.2 Å². The van der Waals surface area contributed by atoms with Gasteiger partial charge in [-0.15, -0.1) is 0 Å². The highest BCUT2D eigenvalue weighted by molar-refractivity contribution is 9.10. The van der Waals surface area contributed by atoms with Gasteiger partial charge in [0.1, 0.15) is 5.60 Å². The molecule has 0 spiro atoms. The van der Waals surface area contributed by atoms with Crippen LogP contribution >= 0.6 is 31.9 Å². The molecule has 1 amide bonds. The maximum absolute atomic E-state index is 11.4. The van der Waals surface area contributed by atoms with Gasteiger partial charge in [-0.25, -0.2) is 4.79 Å². The molecule has 4 nitrogen and oxygen atoms in total. The van der Waals surface area contributed by atoms with Gasteiger partial charge in [0.2, 0.25) is 0 Å². The number of alkyl carbamates (subject to hydrolysis) is 1. The summed E-state index contributed by atoms with van der Waals surface area (Å²) in [6.45, 7) is 6.85. The molecule has 3 N–H and O–H groups in total. The standard InChI is InChI=1S/C13H18BrNO2.C8H10BrN/c1-13(2,3)17-12(16)15-9-8-10-4-6-11(14)7-5-10;9-8-3-1-7(2-4-8)5-6-10/h4-7H,8-9H2,1-3H3,(H,15,16);1-4H,5-6,10H2. The van der Waals surface area contributed by atoms with Gasteiger partial charge in [0, 0.05) is 15.5 Å². The molecular formula is C21H28Br2N2O2. The van der Waals surface area contributed by atoms with E-state index in [9.17, 15) is 4.79 Å². The van der Waals surface area contributed by atoms with Crippen LogP contribution in [0.25, 0.3) is 0 Å². The lowest BCUT2D eigenvalue weighted by atomic mass is 10.1. The number of hydrogen-bond acceptors (Lipinski definition) is 3. The van der Waals surface area contributed by atoms with Gasteiger partial charge in [0.05, 0.1) is 0 Å². The fraction of sp³-hybridized carbons (Fsp3) is 0.381. The lowest BCUT2D eigenvalue weighted by molar-refractivity contribution is 0.0528. The van der Waals surface area contributed by atoms with Crippen molar-refractivity contribution in [3.63, 3.8) is 0 Å². The Kier molecular flexibility index (Phi) is 10.7. The predicted octanol–water partition coefficient (Wildman–Crippen LogP) is 5.47. The largest absolute Gasteiger partial charge is 0.444 e. The summed E-state index contributed by atoms with van der Waals surface area (Å²) >= 11 is 6.75. The van der Waals surface area contributed by atoms with Crippen molar-refractivity contribution in [3.8, 4) is 0 Å². The molecule has 2 aromatic rings. The Morgan fingerprint density at radius 2 is 1.37 bits per heavy atom. The summed E-state index contributed by atoms with van der Waals surface area (Å²) in [6.07, 6.45) is 1.40. The second kappa shape index (κ2) is 12.2. The molecule has 0 radical (unpaired) electrons. The molecule has 2 aromatic carbocycles. The first-order valence-electron chi connectivity index (χ1n) is 8.85. The van der Waals surface area contributed by atoms with Crippen LogP contribution in [0.2, 0.25) is 0 Å². The second-order valence-corrected chi connectivity index (χ2v) is 8.80. The normalized spacial score (nSPS) is 10.6. The van der Waals surface area contributed by atoms with Crippen LogP contribution in [0, 0.1) is 0 Å². The Morgan fingerprint density at radius 1 is 0.926 bits per heavy atom. The van der Waals surface area contributed by atoms with Crippen LogP contribution in [0.5, 0.6) is 0 Å². The first-order valence-corrected chi connectivity index (χ1v) is 10.4. The number of benzene rings is 2. The van der Waals surface area contributed by atoms with Gasteiger partial charge < -0.3 is 15.8 Å². The van der Waals surface area contributed by atoms with Crippen LogP contribution in [0.1, 0.15) is 31.9 Å². The minimum absolute atomic E-state index is 0.366. The van der Waals surface area contributed by atoms with E-state index in [1.54, 1.807) is 0 Å². The molecule has 6 heteroatoms. The first kappa shape index (κ1) is 23.7. The molecule has 0 aliphatic carbocycles. The van der Waals surface area contributed by atoms with Crippen LogP contribution in [-0.4, -0.2) is 24.8 Å². The highest BCUT2D eigenvalue weighted by Crippen LogP contribution is 2.11. The summed E-state index contributed by atoms with van der Waals surface area (Å²) in [4.78, 5) is 11.4. The maximum atomic E-state index is 11.4. The summed E-state index contributed by atoms with van der Waals surface area (Å²) in [5.74, 6) is 0. The second-order valence-electron chi connectivity index (χ2n) is 6.97. The fourth-order valence-electron chi connectivity index (χ4n) is 2.09. The van der Waals surface area contributed by atoms with Crippen molar-refractivity contribution in [3.05, 3.63) is 68.6 Å². The fourth-order valence-corrected chi connectivity index (χ4v) is 2.62. The number of nitrogens with one attached hydrogen (secondary N) is 1. The molecule has 0 aliphatic heterocycles. The summed E-state index contributed by atoms with van der Waals surface area (Å²) in [5, 5.41) is 2.73. The van der Waals surface area contributed by atoms with Crippen LogP contribution in [0.3, 0.4) is 0 Å². The summed E-state index contributed by atoms with van der Waals surface area (Å²) in [5.41, 5.74) is 7.43. The maximum Gasteiger partial charge on any atom is 0.407 e. The molecule has 0 unspecified atom stereocenters. The van der Waals surface area contributed by atoms with E-state index in [1.165, 1.54) is 11.1 Å².